The quantitative estimate of drug-likeness (QED) is 0.631. The highest BCUT2D eigenvalue weighted by atomic mass is 14.8. The van der Waals surface area contributed by atoms with Crippen molar-refractivity contribution in [3.05, 3.63) is 0 Å². The highest BCUT2D eigenvalue weighted by Gasteiger charge is 1.95. The molecule has 1 N–H and O–H groups in total. The maximum atomic E-state index is 3.55. The largest absolute Gasteiger partial charge is 0.317 e. The maximum absolute atomic E-state index is 3.55. The van der Waals surface area contributed by atoms with Gasteiger partial charge in [-0.25, -0.2) is 0 Å². The topological polar surface area (TPSA) is 12.0 Å². The molecule has 1 aliphatic heterocycles. The van der Waals surface area contributed by atoms with Crippen LogP contribution in [0.3, 0.4) is 0 Å². The van der Waals surface area contributed by atoms with E-state index in [1.54, 1.807) is 0 Å². The summed E-state index contributed by atoms with van der Waals surface area (Å²) in [5.41, 5.74) is 0. The van der Waals surface area contributed by atoms with Crippen molar-refractivity contribution in [1.29, 1.82) is 0 Å². The van der Waals surface area contributed by atoms with Crippen LogP contribution in [0.4, 0.5) is 0 Å². The van der Waals surface area contributed by atoms with E-state index in [4.69, 9.17) is 0 Å². The molecular weight excluding hydrogens is 182 g/mol. The van der Waals surface area contributed by atoms with Crippen LogP contribution in [0.15, 0.2) is 0 Å². The Labute approximate surface area is 96.0 Å². The Kier molecular flexibility index (Phi) is 9.10. The van der Waals surface area contributed by atoms with Crippen LogP contribution in [0.2, 0.25) is 0 Å². The lowest BCUT2D eigenvalue weighted by molar-refractivity contribution is 0.550. The third-order valence-corrected chi connectivity index (χ3v) is 3.46. The molecule has 1 fully saturated rings. The van der Waals surface area contributed by atoms with Gasteiger partial charge in [0.05, 0.1) is 0 Å². The first-order chi connectivity index (χ1) is 7.50. The monoisotopic (exact) mass is 211 g/mol. The molecule has 15 heavy (non-hydrogen) atoms. The summed E-state index contributed by atoms with van der Waals surface area (Å²) in [7, 11) is 0. The first kappa shape index (κ1) is 13.0. The van der Waals surface area contributed by atoms with Crippen LogP contribution in [0, 0.1) is 0 Å². The van der Waals surface area contributed by atoms with Crippen LogP contribution in [-0.2, 0) is 0 Å². The standard InChI is InChI=1S/C14H29N/c1-2-4-6-8-10-12-14-15-13-11-9-7-5-3-1/h15H,1-14H2. The summed E-state index contributed by atoms with van der Waals surface area (Å²) in [5.74, 6) is 0. The van der Waals surface area contributed by atoms with Gasteiger partial charge in [-0.3, -0.25) is 0 Å². The van der Waals surface area contributed by atoms with Gasteiger partial charge in [-0.2, -0.15) is 0 Å². The Hall–Kier alpha value is -0.0400. The van der Waals surface area contributed by atoms with E-state index in [2.05, 4.69) is 5.32 Å². The van der Waals surface area contributed by atoms with Crippen molar-refractivity contribution in [1.82, 2.24) is 5.32 Å². The molecule has 0 unspecified atom stereocenters. The fourth-order valence-corrected chi connectivity index (χ4v) is 2.39. The summed E-state index contributed by atoms with van der Waals surface area (Å²) in [4.78, 5) is 0. The van der Waals surface area contributed by atoms with Crippen molar-refractivity contribution in [2.75, 3.05) is 13.1 Å². The van der Waals surface area contributed by atoms with Crippen molar-refractivity contribution in [2.45, 2.75) is 77.0 Å². The number of hydrogen-bond acceptors (Lipinski definition) is 1. The molecule has 0 amide bonds. The molecule has 1 nitrogen and oxygen atoms in total. The summed E-state index contributed by atoms with van der Waals surface area (Å²) >= 11 is 0. The molecule has 0 saturated carbocycles. The van der Waals surface area contributed by atoms with E-state index in [0.717, 1.165) is 0 Å². The number of hydrogen-bond donors (Lipinski definition) is 1. The lowest BCUT2D eigenvalue weighted by atomic mass is 10.1. The van der Waals surface area contributed by atoms with Crippen molar-refractivity contribution < 1.29 is 0 Å². The zero-order valence-electron chi connectivity index (χ0n) is 10.4. The zero-order chi connectivity index (χ0) is 10.6. The highest BCUT2D eigenvalue weighted by molar-refractivity contribution is 4.53. The maximum Gasteiger partial charge on any atom is -0.00489 e. The molecule has 0 aromatic rings. The van der Waals surface area contributed by atoms with Crippen molar-refractivity contribution in [2.24, 2.45) is 0 Å². The van der Waals surface area contributed by atoms with Crippen LogP contribution < -0.4 is 5.32 Å². The van der Waals surface area contributed by atoms with Crippen LogP contribution in [0.1, 0.15) is 77.0 Å². The van der Waals surface area contributed by atoms with E-state index in [1.165, 1.54) is 90.1 Å². The molecule has 0 radical (unpaired) electrons. The normalized spacial score (nSPS) is 24.0. The van der Waals surface area contributed by atoms with Gasteiger partial charge in [0.15, 0.2) is 0 Å². The van der Waals surface area contributed by atoms with Crippen molar-refractivity contribution in [3.63, 3.8) is 0 Å². The number of rotatable bonds is 0. The SMILES string of the molecule is C1CCCCCCCNCCCCCC1. The summed E-state index contributed by atoms with van der Waals surface area (Å²) < 4.78 is 0. The average Bonchev–Trinajstić information content (AvgIpc) is 2.27. The van der Waals surface area contributed by atoms with Gasteiger partial charge in [0.1, 0.15) is 0 Å². The Morgan fingerprint density at radius 3 is 0.933 bits per heavy atom. The van der Waals surface area contributed by atoms with Crippen LogP contribution >= 0.6 is 0 Å². The van der Waals surface area contributed by atoms with Crippen LogP contribution in [0.5, 0.6) is 0 Å². The second-order valence-electron chi connectivity index (χ2n) is 4.99. The van der Waals surface area contributed by atoms with Crippen LogP contribution in [-0.4, -0.2) is 13.1 Å². The molecule has 1 rings (SSSR count). The molecule has 1 saturated heterocycles. The Bertz CT molecular complexity index is 63.9. The van der Waals surface area contributed by atoms with E-state index in [9.17, 15) is 0 Å². The first-order valence-corrected chi connectivity index (χ1v) is 7.21. The van der Waals surface area contributed by atoms with Crippen molar-refractivity contribution >= 4 is 0 Å². The minimum atomic E-state index is 1.25. The van der Waals surface area contributed by atoms with Gasteiger partial charge in [0.25, 0.3) is 0 Å². The molecule has 0 aromatic heterocycles. The molecule has 0 atom stereocenters. The third kappa shape index (κ3) is 8.92. The van der Waals surface area contributed by atoms with E-state index in [1.807, 2.05) is 0 Å². The van der Waals surface area contributed by atoms with E-state index in [0.29, 0.717) is 0 Å². The van der Waals surface area contributed by atoms with E-state index in [-0.39, 0.29) is 0 Å². The first-order valence-electron chi connectivity index (χ1n) is 7.21. The Balaban J connectivity index is 2.01. The van der Waals surface area contributed by atoms with Gasteiger partial charge < -0.3 is 5.32 Å². The van der Waals surface area contributed by atoms with E-state index < -0.39 is 0 Å². The Morgan fingerprint density at radius 1 is 0.333 bits per heavy atom. The summed E-state index contributed by atoms with van der Waals surface area (Å²) in [6.07, 6.45) is 17.4. The second kappa shape index (κ2) is 10.5. The number of nitrogens with one attached hydrogen (secondary N) is 1. The molecular formula is C14H29N. The molecule has 0 aliphatic carbocycles. The smallest absolute Gasteiger partial charge is 0.00489 e. The second-order valence-corrected chi connectivity index (χ2v) is 4.99. The minimum absolute atomic E-state index is 1.25. The van der Waals surface area contributed by atoms with Gasteiger partial charge in [0, 0.05) is 0 Å². The molecule has 0 aromatic carbocycles. The molecule has 1 heteroatoms. The molecule has 0 bridgehead atoms. The van der Waals surface area contributed by atoms with Gasteiger partial charge >= 0.3 is 0 Å². The lowest BCUT2D eigenvalue weighted by Crippen LogP contribution is -2.16. The zero-order valence-corrected chi connectivity index (χ0v) is 10.4. The fourth-order valence-electron chi connectivity index (χ4n) is 2.39. The summed E-state index contributed by atoms with van der Waals surface area (Å²) in [5, 5.41) is 3.55. The fraction of sp³-hybridized carbons (Fsp3) is 1.00. The molecule has 1 heterocycles. The van der Waals surface area contributed by atoms with Crippen LogP contribution in [0.25, 0.3) is 0 Å². The predicted molar refractivity (Wildman–Crippen MR) is 68.3 cm³/mol. The van der Waals surface area contributed by atoms with Gasteiger partial charge in [-0.15, -0.1) is 0 Å². The average molecular weight is 211 g/mol. The molecule has 1 aliphatic rings. The van der Waals surface area contributed by atoms with Gasteiger partial charge in [-0.1, -0.05) is 64.2 Å². The lowest BCUT2D eigenvalue weighted by Gasteiger charge is -2.03. The molecule has 90 valence electrons. The van der Waals surface area contributed by atoms with E-state index >= 15 is 0 Å². The minimum Gasteiger partial charge on any atom is -0.317 e. The van der Waals surface area contributed by atoms with Gasteiger partial charge in [0.2, 0.25) is 0 Å². The van der Waals surface area contributed by atoms with Crippen molar-refractivity contribution in [3.8, 4) is 0 Å². The van der Waals surface area contributed by atoms with Gasteiger partial charge in [-0.05, 0) is 25.9 Å². The molecule has 0 spiro atoms. The Morgan fingerprint density at radius 2 is 0.600 bits per heavy atom. The summed E-state index contributed by atoms with van der Waals surface area (Å²) in [6.45, 7) is 2.50. The predicted octanol–water partition coefficient (Wildman–Crippen LogP) is 4.27. The third-order valence-electron chi connectivity index (χ3n) is 3.46. The summed E-state index contributed by atoms with van der Waals surface area (Å²) in [6, 6.07) is 0. The highest BCUT2D eigenvalue weighted by Crippen LogP contribution is 2.12.